The quantitative estimate of drug-likeness (QED) is 0.328. The number of likely N-dealkylation sites (N-methyl/N-ethyl adjacent to an activating group) is 1. The van der Waals surface area contributed by atoms with Gasteiger partial charge in [-0.3, -0.25) is 14.7 Å². The van der Waals surface area contributed by atoms with Crippen LogP contribution in [0.1, 0.15) is 89.9 Å². The van der Waals surface area contributed by atoms with Crippen LogP contribution < -0.4 is 5.32 Å². The minimum atomic E-state index is -1.03. The summed E-state index contributed by atoms with van der Waals surface area (Å²) in [7, 11) is 1.36. The molecule has 2 atom stereocenters. The van der Waals surface area contributed by atoms with Crippen molar-refractivity contribution in [1.82, 2.24) is 9.88 Å². The number of amides is 1. The van der Waals surface area contributed by atoms with E-state index in [9.17, 15) is 14.4 Å². The molecule has 1 N–H and O–H groups in total. The first kappa shape index (κ1) is 30.2. The summed E-state index contributed by atoms with van der Waals surface area (Å²) in [5, 5.41) is 4.13. The van der Waals surface area contributed by atoms with Crippen molar-refractivity contribution in [2.24, 2.45) is 11.3 Å². The maximum atomic E-state index is 13.8. The van der Waals surface area contributed by atoms with E-state index < -0.39 is 23.9 Å². The molecule has 224 valence electrons. The Morgan fingerprint density at radius 3 is 2.55 bits per heavy atom. The van der Waals surface area contributed by atoms with E-state index in [-0.39, 0.29) is 11.8 Å². The average Bonchev–Trinajstić information content (AvgIpc) is 3.34. The zero-order valence-electron chi connectivity index (χ0n) is 25.5. The molecule has 0 fully saturated rings. The molecule has 1 aromatic carbocycles. The summed E-state index contributed by atoms with van der Waals surface area (Å²) in [4.78, 5) is 48.6. The highest BCUT2D eigenvalue weighted by molar-refractivity contribution is 7.17. The molecule has 1 amide bonds. The van der Waals surface area contributed by atoms with Crippen LogP contribution in [0, 0.1) is 11.3 Å². The molecule has 9 heteroatoms. The van der Waals surface area contributed by atoms with E-state index in [2.05, 4.69) is 37.9 Å². The van der Waals surface area contributed by atoms with E-state index in [1.807, 2.05) is 31.2 Å². The van der Waals surface area contributed by atoms with Crippen molar-refractivity contribution in [3.63, 3.8) is 0 Å². The molecule has 1 aliphatic heterocycles. The molecule has 3 aromatic rings. The van der Waals surface area contributed by atoms with Crippen LogP contribution in [0.3, 0.4) is 0 Å². The minimum Gasteiger partial charge on any atom is -0.465 e. The molecule has 0 saturated heterocycles. The van der Waals surface area contributed by atoms with Crippen LogP contribution in [-0.2, 0) is 40.1 Å². The van der Waals surface area contributed by atoms with Crippen molar-refractivity contribution in [2.45, 2.75) is 79.4 Å². The zero-order valence-corrected chi connectivity index (χ0v) is 26.3. The molecule has 0 spiro atoms. The number of pyridine rings is 1. The van der Waals surface area contributed by atoms with Crippen LogP contribution >= 0.6 is 11.3 Å². The first-order valence-corrected chi connectivity index (χ1v) is 15.7. The van der Waals surface area contributed by atoms with E-state index in [4.69, 9.17) is 14.5 Å². The van der Waals surface area contributed by atoms with Crippen molar-refractivity contribution < 1.29 is 23.9 Å². The van der Waals surface area contributed by atoms with E-state index in [1.165, 1.54) is 18.4 Å². The SMILES string of the molecule is CCC(OC(=O)c1c2c(nc3ccccc13)CCN(CC)C2)C(=O)Nc1sc2c(c1C(=O)OC)CCC(C(C)(C)C)C2. The fraction of sp³-hybridized carbons (Fsp3) is 0.515. The third-order valence-electron chi connectivity index (χ3n) is 8.81. The Morgan fingerprint density at radius 2 is 1.86 bits per heavy atom. The zero-order chi connectivity index (χ0) is 30.2. The Kier molecular flexibility index (Phi) is 8.71. The summed E-state index contributed by atoms with van der Waals surface area (Å²) in [5.74, 6) is -0.968. The van der Waals surface area contributed by atoms with Gasteiger partial charge in [0.2, 0.25) is 0 Å². The van der Waals surface area contributed by atoms with Crippen LogP contribution in [0.5, 0.6) is 0 Å². The number of thiophene rings is 1. The van der Waals surface area contributed by atoms with Crippen LogP contribution in [0.2, 0.25) is 0 Å². The largest absolute Gasteiger partial charge is 0.465 e. The molecule has 2 aliphatic rings. The van der Waals surface area contributed by atoms with E-state index in [0.717, 1.165) is 71.4 Å². The maximum absolute atomic E-state index is 13.8. The number of nitrogens with zero attached hydrogens (tertiary/aromatic N) is 2. The monoisotopic (exact) mass is 591 g/mol. The average molecular weight is 592 g/mol. The van der Waals surface area contributed by atoms with Gasteiger partial charge >= 0.3 is 11.9 Å². The molecule has 42 heavy (non-hydrogen) atoms. The van der Waals surface area contributed by atoms with Gasteiger partial charge in [-0.15, -0.1) is 11.3 Å². The number of carbonyl (C=O) groups is 3. The molecule has 1 aliphatic carbocycles. The summed E-state index contributed by atoms with van der Waals surface area (Å²) < 4.78 is 11.1. The Morgan fingerprint density at radius 1 is 1.10 bits per heavy atom. The number of ether oxygens (including phenoxy) is 2. The summed E-state index contributed by atoms with van der Waals surface area (Å²) in [6.45, 7) is 13.0. The number of methoxy groups -OCH3 is 1. The topological polar surface area (TPSA) is 97.8 Å². The van der Waals surface area contributed by atoms with Gasteiger partial charge in [0.1, 0.15) is 5.00 Å². The number of anilines is 1. The van der Waals surface area contributed by atoms with Crippen LogP contribution in [0.15, 0.2) is 24.3 Å². The lowest BCUT2D eigenvalue weighted by Gasteiger charge is -2.33. The fourth-order valence-corrected chi connectivity index (χ4v) is 7.50. The molecule has 3 heterocycles. The van der Waals surface area contributed by atoms with Gasteiger partial charge in [0.05, 0.1) is 23.8 Å². The van der Waals surface area contributed by atoms with Gasteiger partial charge in [0, 0.05) is 41.0 Å². The van der Waals surface area contributed by atoms with Crippen molar-refractivity contribution in [3.8, 4) is 0 Å². The number of rotatable bonds is 7. The number of hydrogen-bond donors (Lipinski definition) is 1. The van der Waals surface area contributed by atoms with Gasteiger partial charge in [-0.2, -0.15) is 0 Å². The fourth-order valence-electron chi connectivity index (χ4n) is 6.18. The number of aromatic nitrogens is 1. The summed E-state index contributed by atoms with van der Waals surface area (Å²) >= 11 is 1.43. The minimum absolute atomic E-state index is 0.141. The van der Waals surface area contributed by atoms with Gasteiger partial charge in [0.15, 0.2) is 6.10 Å². The number of nitrogens with one attached hydrogen (secondary N) is 1. The number of fused-ring (bicyclic) bond motifs is 3. The standard InChI is InChI=1S/C33H41N3O5S/c1-7-25(29(37)35-30-28(31(38)40-6)21-14-13-19(33(3,4)5)17-26(21)42-30)41-32(39)27-20-11-9-10-12-23(20)34-24-15-16-36(8-2)18-22(24)27/h9-12,19,25H,7-8,13-18H2,1-6H3,(H,35,37). The highest BCUT2D eigenvalue weighted by Crippen LogP contribution is 2.44. The van der Waals surface area contributed by atoms with Crippen LogP contribution in [-0.4, -0.2) is 54.0 Å². The highest BCUT2D eigenvalue weighted by atomic mass is 32.1. The second-order valence-electron chi connectivity index (χ2n) is 12.3. The van der Waals surface area contributed by atoms with E-state index in [0.29, 0.717) is 28.6 Å². The molecule has 5 rings (SSSR count). The number of benzene rings is 1. The summed E-state index contributed by atoms with van der Waals surface area (Å²) in [6.07, 6.45) is 2.59. The first-order valence-electron chi connectivity index (χ1n) is 14.9. The van der Waals surface area contributed by atoms with Crippen molar-refractivity contribution in [1.29, 1.82) is 0 Å². The number of hydrogen-bond acceptors (Lipinski definition) is 8. The maximum Gasteiger partial charge on any atom is 0.341 e. The number of carbonyl (C=O) groups excluding carboxylic acids is 3. The van der Waals surface area contributed by atoms with Gasteiger partial charge in [-0.25, -0.2) is 9.59 Å². The highest BCUT2D eigenvalue weighted by Gasteiger charge is 2.35. The predicted molar refractivity (Wildman–Crippen MR) is 165 cm³/mol. The third kappa shape index (κ3) is 5.81. The van der Waals surface area contributed by atoms with Gasteiger partial charge in [-0.1, -0.05) is 52.8 Å². The summed E-state index contributed by atoms with van der Waals surface area (Å²) in [6, 6.07) is 7.58. The lowest BCUT2D eigenvalue weighted by Crippen LogP contribution is -2.35. The molecular weight excluding hydrogens is 550 g/mol. The first-order chi connectivity index (χ1) is 20.0. The van der Waals surface area contributed by atoms with E-state index >= 15 is 0 Å². The Balaban J connectivity index is 1.43. The number of esters is 2. The van der Waals surface area contributed by atoms with E-state index in [1.54, 1.807) is 0 Å². The Bertz CT molecular complexity index is 1520. The second kappa shape index (κ2) is 12.1. The molecule has 2 unspecified atom stereocenters. The molecule has 0 saturated carbocycles. The van der Waals surface area contributed by atoms with Crippen molar-refractivity contribution >= 4 is 45.1 Å². The Labute approximate surface area is 251 Å². The summed E-state index contributed by atoms with van der Waals surface area (Å²) in [5.41, 5.74) is 4.53. The van der Waals surface area contributed by atoms with Gasteiger partial charge < -0.3 is 14.8 Å². The molecule has 0 radical (unpaired) electrons. The molecule has 2 aromatic heterocycles. The second-order valence-corrected chi connectivity index (χ2v) is 13.4. The molecule has 8 nitrogen and oxygen atoms in total. The Hall–Kier alpha value is -3.30. The molecular formula is C33H41N3O5S. The van der Waals surface area contributed by atoms with Crippen molar-refractivity contribution in [2.75, 3.05) is 25.5 Å². The lowest BCUT2D eigenvalue weighted by molar-refractivity contribution is -0.124. The van der Waals surface area contributed by atoms with Gasteiger partial charge in [-0.05, 0) is 55.2 Å². The number of para-hydroxylation sites is 1. The predicted octanol–water partition coefficient (Wildman–Crippen LogP) is 6.19. The van der Waals surface area contributed by atoms with Gasteiger partial charge in [0.25, 0.3) is 5.91 Å². The van der Waals surface area contributed by atoms with Crippen LogP contribution in [0.25, 0.3) is 10.9 Å². The normalized spacial score (nSPS) is 17.7. The lowest BCUT2D eigenvalue weighted by atomic mass is 9.72. The van der Waals surface area contributed by atoms with Crippen LogP contribution in [0.4, 0.5) is 5.00 Å². The third-order valence-corrected chi connectivity index (χ3v) is 9.98. The van der Waals surface area contributed by atoms with Crippen molar-refractivity contribution in [3.05, 3.63) is 57.1 Å². The molecule has 0 bridgehead atoms. The smallest absolute Gasteiger partial charge is 0.341 e.